The highest BCUT2D eigenvalue weighted by atomic mass is 79.9. The SMILES string of the molecule is FC(F)(F)c1cc(NCCOc2ccc(Br)cc2)n2ncnc2n1. The average Bonchev–Trinajstić information content (AvgIpc) is 3.01. The Hall–Kier alpha value is -2.36. The molecule has 126 valence electrons. The van der Waals surface area contributed by atoms with E-state index < -0.39 is 11.9 Å². The number of alkyl halides is 3. The fourth-order valence-corrected chi connectivity index (χ4v) is 2.23. The highest BCUT2D eigenvalue weighted by Crippen LogP contribution is 2.29. The quantitative estimate of drug-likeness (QED) is 0.663. The third-order valence-electron chi connectivity index (χ3n) is 3.03. The molecule has 1 aromatic carbocycles. The molecule has 0 radical (unpaired) electrons. The zero-order valence-corrected chi connectivity index (χ0v) is 13.7. The van der Waals surface area contributed by atoms with E-state index in [1.54, 1.807) is 12.1 Å². The number of rotatable bonds is 5. The Balaban J connectivity index is 1.68. The van der Waals surface area contributed by atoms with Crippen LogP contribution in [0.2, 0.25) is 0 Å². The number of aromatic nitrogens is 4. The van der Waals surface area contributed by atoms with Crippen LogP contribution < -0.4 is 10.1 Å². The van der Waals surface area contributed by atoms with Gasteiger partial charge < -0.3 is 10.1 Å². The summed E-state index contributed by atoms with van der Waals surface area (Å²) in [5.41, 5.74) is -1.03. The predicted molar refractivity (Wildman–Crippen MR) is 83.9 cm³/mol. The van der Waals surface area contributed by atoms with Gasteiger partial charge in [-0.15, -0.1) is 0 Å². The highest BCUT2D eigenvalue weighted by Gasteiger charge is 2.34. The summed E-state index contributed by atoms with van der Waals surface area (Å²) in [5.74, 6) is 0.682. The van der Waals surface area contributed by atoms with Crippen molar-refractivity contribution in [2.24, 2.45) is 0 Å². The zero-order valence-electron chi connectivity index (χ0n) is 12.1. The molecule has 0 saturated heterocycles. The maximum Gasteiger partial charge on any atom is 0.433 e. The first-order valence-corrected chi connectivity index (χ1v) is 7.63. The summed E-state index contributed by atoms with van der Waals surface area (Å²) < 4.78 is 46.2. The third-order valence-corrected chi connectivity index (χ3v) is 3.56. The van der Waals surface area contributed by atoms with Crippen LogP contribution in [0.25, 0.3) is 5.78 Å². The van der Waals surface area contributed by atoms with Crippen molar-refractivity contribution in [3.05, 3.63) is 46.8 Å². The molecule has 2 aromatic heterocycles. The van der Waals surface area contributed by atoms with Gasteiger partial charge in [-0.1, -0.05) is 15.9 Å². The molecule has 0 amide bonds. The summed E-state index contributed by atoms with van der Waals surface area (Å²) >= 11 is 3.32. The Labute approximate surface area is 142 Å². The molecule has 0 bridgehead atoms. The molecule has 24 heavy (non-hydrogen) atoms. The lowest BCUT2D eigenvalue weighted by atomic mass is 10.3. The minimum atomic E-state index is -4.56. The molecule has 1 N–H and O–H groups in total. The Bertz CT molecular complexity index is 835. The molecule has 3 aromatic rings. The van der Waals surface area contributed by atoms with E-state index in [9.17, 15) is 13.2 Å². The normalized spacial score (nSPS) is 11.7. The highest BCUT2D eigenvalue weighted by molar-refractivity contribution is 9.10. The summed E-state index contributed by atoms with van der Waals surface area (Å²) in [4.78, 5) is 7.14. The van der Waals surface area contributed by atoms with Crippen molar-refractivity contribution in [3.63, 3.8) is 0 Å². The lowest BCUT2D eigenvalue weighted by Crippen LogP contribution is -2.17. The van der Waals surface area contributed by atoms with Gasteiger partial charge in [0.05, 0.1) is 6.54 Å². The summed E-state index contributed by atoms with van der Waals surface area (Å²) in [6, 6.07) is 8.13. The Morgan fingerprint density at radius 2 is 1.96 bits per heavy atom. The fraction of sp³-hybridized carbons (Fsp3) is 0.214. The summed E-state index contributed by atoms with van der Waals surface area (Å²) in [7, 11) is 0. The van der Waals surface area contributed by atoms with Crippen molar-refractivity contribution in [2.75, 3.05) is 18.5 Å². The van der Waals surface area contributed by atoms with Gasteiger partial charge in [0.1, 0.15) is 24.5 Å². The van der Waals surface area contributed by atoms with E-state index >= 15 is 0 Å². The predicted octanol–water partition coefficient (Wildman–Crippen LogP) is 3.40. The van der Waals surface area contributed by atoms with Crippen LogP contribution in [-0.2, 0) is 6.18 Å². The van der Waals surface area contributed by atoms with E-state index in [0.29, 0.717) is 5.75 Å². The van der Waals surface area contributed by atoms with Crippen molar-refractivity contribution in [2.45, 2.75) is 6.18 Å². The average molecular weight is 402 g/mol. The van der Waals surface area contributed by atoms with Gasteiger partial charge >= 0.3 is 6.18 Å². The first kappa shape index (κ1) is 16.5. The van der Waals surface area contributed by atoms with Crippen LogP contribution in [0, 0.1) is 0 Å². The van der Waals surface area contributed by atoms with Crippen molar-refractivity contribution in [1.29, 1.82) is 0 Å². The second-order valence-electron chi connectivity index (χ2n) is 4.73. The maximum absolute atomic E-state index is 12.9. The van der Waals surface area contributed by atoms with Crippen molar-refractivity contribution < 1.29 is 17.9 Å². The molecule has 6 nitrogen and oxygen atoms in total. The van der Waals surface area contributed by atoms with E-state index in [2.05, 4.69) is 36.3 Å². The second kappa shape index (κ2) is 6.63. The molecule has 0 fully saturated rings. The smallest absolute Gasteiger partial charge is 0.433 e. The summed E-state index contributed by atoms with van der Waals surface area (Å²) in [6.07, 6.45) is -3.41. The van der Waals surface area contributed by atoms with Crippen LogP contribution in [-0.4, -0.2) is 32.7 Å². The van der Waals surface area contributed by atoms with Crippen LogP contribution in [0.5, 0.6) is 5.75 Å². The molecule has 0 unspecified atom stereocenters. The van der Waals surface area contributed by atoms with Gasteiger partial charge in [-0.2, -0.15) is 27.8 Å². The van der Waals surface area contributed by atoms with Crippen LogP contribution in [0.1, 0.15) is 5.69 Å². The van der Waals surface area contributed by atoms with Crippen LogP contribution in [0.15, 0.2) is 41.1 Å². The number of ether oxygens (including phenoxy) is 1. The topological polar surface area (TPSA) is 64.3 Å². The molecule has 0 aliphatic heterocycles. The summed E-state index contributed by atoms with van der Waals surface area (Å²) in [6.45, 7) is 0.549. The standard InChI is InChI=1S/C14H11BrF3N5O/c15-9-1-3-10(4-2-9)24-6-5-19-12-7-11(14(16,17)18)22-13-20-8-21-23(12)13/h1-4,7-8,19H,5-6H2. The van der Waals surface area contributed by atoms with Crippen molar-refractivity contribution in [3.8, 4) is 5.75 Å². The minimum absolute atomic E-state index is 0.124. The lowest BCUT2D eigenvalue weighted by molar-refractivity contribution is -0.141. The molecule has 10 heteroatoms. The molecule has 3 rings (SSSR count). The Morgan fingerprint density at radius 1 is 1.21 bits per heavy atom. The Kier molecular flexibility index (Phi) is 4.56. The third kappa shape index (κ3) is 3.75. The number of fused-ring (bicyclic) bond motifs is 1. The van der Waals surface area contributed by atoms with Gasteiger partial charge in [-0.3, -0.25) is 0 Å². The largest absolute Gasteiger partial charge is 0.492 e. The summed E-state index contributed by atoms with van der Waals surface area (Å²) in [5, 5.41) is 6.71. The van der Waals surface area contributed by atoms with E-state index in [0.717, 1.165) is 16.9 Å². The fourth-order valence-electron chi connectivity index (χ4n) is 1.96. The number of nitrogens with one attached hydrogen (secondary N) is 1. The van der Waals surface area contributed by atoms with E-state index in [-0.39, 0.29) is 24.7 Å². The number of anilines is 1. The second-order valence-corrected chi connectivity index (χ2v) is 5.64. The number of hydrogen-bond acceptors (Lipinski definition) is 5. The molecule has 2 heterocycles. The molecule has 0 aliphatic rings. The Morgan fingerprint density at radius 3 is 2.67 bits per heavy atom. The number of halogens is 4. The van der Waals surface area contributed by atoms with Crippen LogP contribution in [0.3, 0.4) is 0 Å². The van der Waals surface area contributed by atoms with E-state index in [1.165, 1.54) is 4.52 Å². The van der Waals surface area contributed by atoms with Gasteiger partial charge in [0.15, 0.2) is 5.69 Å². The first-order chi connectivity index (χ1) is 11.4. The number of benzene rings is 1. The number of nitrogens with zero attached hydrogens (tertiary/aromatic N) is 4. The van der Waals surface area contributed by atoms with Gasteiger partial charge in [-0.25, -0.2) is 4.98 Å². The minimum Gasteiger partial charge on any atom is -0.492 e. The van der Waals surface area contributed by atoms with E-state index in [4.69, 9.17) is 4.74 Å². The van der Waals surface area contributed by atoms with Crippen molar-refractivity contribution in [1.82, 2.24) is 19.6 Å². The molecule has 0 spiro atoms. The maximum atomic E-state index is 12.9. The van der Waals surface area contributed by atoms with Crippen LogP contribution >= 0.6 is 15.9 Å². The number of hydrogen-bond donors (Lipinski definition) is 1. The molecular formula is C14H11BrF3N5O. The van der Waals surface area contributed by atoms with Gasteiger partial charge in [0.25, 0.3) is 5.78 Å². The van der Waals surface area contributed by atoms with Gasteiger partial charge in [-0.05, 0) is 24.3 Å². The monoisotopic (exact) mass is 401 g/mol. The van der Waals surface area contributed by atoms with Gasteiger partial charge in [0, 0.05) is 10.5 Å². The lowest BCUT2D eigenvalue weighted by Gasteiger charge is -2.12. The molecule has 0 atom stereocenters. The molecule has 0 aliphatic carbocycles. The molecular weight excluding hydrogens is 391 g/mol. The van der Waals surface area contributed by atoms with E-state index in [1.807, 2.05) is 12.1 Å². The molecule has 0 saturated carbocycles. The van der Waals surface area contributed by atoms with Crippen LogP contribution in [0.4, 0.5) is 19.0 Å². The van der Waals surface area contributed by atoms with Crippen molar-refractivity contribution >= 4 is 27.5 Å². The zero-order chi connectivity index (χ0) is 17.2. The van der Waals surface area contributed by atoms with Gasteiger partial charge in [0.2, 0.25) is 0 Å². The first-order valence-electron chi connectivity index (χ1n) is 6.84.